The van der Waals surface area contributed by atoms with E-state index in [1.165, 1.54) is 11.8 Å². The third kappa shape index (κ3) is 3.76. The molecule has 1 amide bonds. The van der Waals surface area contributed by atoms with Crippen LogP contribution in [0.5, 0.6) is 0 Å². The highest BCUT2D eigenvalue weighted by Gasteiger charge is 2.16. The molecule has 7 heteroatoms. The van der Waals surface area contributed by atoms with Crippen molar-refractivity contribution in [3.8, 4) is 5.69 Å². The van der Waals surface area contributed by atoms with Crippen molar-refractivity contribution in [2.45, 2.75) is 25.4 Å². The van der Waals surface area contributed by atoms with Crippen LogP contribution < -0.4 is 10.9 Å². The van der Waals surface area contributed by atoms with E-state index in [1.807, 2.05) is 50.2 Å². The van der Waals surface area contributed by atoms with Gasteiger partial charge in [0.15, 0.2) is 5.16 Å². The number of para-hydroxylation sites is 1. The van der Waals surface area contributed by atoms with Gasteiger partial charge in [0, 0.05) is 12.2 Å². The number of H-pyrrole nitrogens is 1. The molecule has 3 rings (SSSR count). The molecule has 2 aromatic heterocycles. The molecule has 0 aliphatic carbocycles. The van der Waals surface area contributed by atoms with E-state index < -0.39 is 0 Å². The van der Waals surface area contributed by atoms with E-state index in [2.05, 4.69) is 15.3 Å². The molecule has 0 bridgehead atoms. The number of aromatic nitrogens is 3. The lowest BCUT2D eigenvalue weighted by Gasteiger charge is -2.12. The molecule has 6 nitrogen and oxygen atoms in total. The highest BCUT2D eigenvalue weighted by molar-refractivity contribution is 7.99. The van der Waals surface area contributed by atoms with Gasteiger partial charge in [-0.05, 0) is 31.5 Å². The Morgan fingerprint density at radius 3 is 2.80 bits per heavy atom. The van der Waals surface area contributed by atoms with Crippen LogP contribution in [0.2, 0.25) is 0 Å². The largest absolute Gasteiger partial charge is 0.355 e. The third-order valence-corrected chi connectivity index (χ3v) is 4.61. The number of nitrogens with zero attached hydrogens (tertiary/aromatic N) is 2. The van der Waals surface area contributed by atoms with E-state index in [9.17, 15) is 9.59 Å². The Morgan fingerprint density at radius 2 is 2.08 bits per heavy atom. The molecule has 0 unspecified atom stereocenters. The second-order valence-corrected chi connectivity index (χ2v) is 6.66. The molecule has 0 aliphatic heterocycles. The highest BCUT2D eigenvalue weighted by Crippen LogP contribution is 2.21. The van der Waals surface area contributed by atoms with Crippen LogP contribution in [0.3, 0.4) is 0 Å². The molecule has 0 fully saturated rings. The number of aromatic amines is 1. The van der Waals surface area contributed by atoms with Crippen molar-refractivity contribution in [1.82, 2.24) is 19.9 Å². The number of aryl methyl sites for hydroxylation is 1. The van der Waals surface area contributed by atoms with E-state index in [1.54, 1.807) is 4.57 Å². The number of hydrogen-bond acceptors (Lipinski definition) is 4. The Kier molecular flexibility index (Phi) is 5.23. The number of fused-ring (bicyclic) bond motifs is 1. The minimum absolute atomic E-state index is 0.0638. The number of amides is 1. The maximum Gasteiger partial charge on any atom is 0.283 e. The van der Waals surface area contributed by atoms with Gasteiger partial charge in [-0.25, -0.2) is 4.98 Å². The normalized spacial score (nSPS) is 11.0. The van der Waals surface area contributed by atoms with Crippen molar-refractivity contribution in [3.63, 3.8) is 0 Å². The van der Waals surface area contributed by atoms with Gasteiger partial charge in [0.1, 0.15) is 5.52 Å². The summed E-state index contributed by atoms with van der Waals surface area (Å²) in [5.41, 5.74) is 2.53. The summed E-state index contributed by atoms with van der Waals surface area (Å²) in [5, 5.41) is 3.35. The fraction of sp³-hybridized carbons (Fsp3) is 0.278. The predicted octanol–water partition coefficient (Wildman–Crippen LogP) is 2.64. The van der Waals surface area contributed by atoms with Gasteiger partial charge in [0.05, 0.1) is 17.0 Å². The fourth-order valence-electron chi connectivity index (χ4n) is 2.52. The lowest BCUT2D eigenvalue weighted by Crippen LogP contribution is -2.27. The maximum atomic E-state index is 13.0. The van der Waals surface area contributed by atoms with Gasteiger partial charge in [-0.15, -0.1) is 0 Å². The lowest BCUT2D eigenvalue weighted by molar-refractivity contribution is -0.118. The van der Waals surface area contributed by atoms with Crippen LogP contribution in [0.1, 0.15) is 19.0 Å². The van der Waals surface area contributed by atoms with Gasteiger partial charge in [0.25, 0.3) is 5.56 Å². The highest BCUT2D eigenvalue weighted by atomic mass is 32.2. The molecule has 0 radical (unpaired) electrons. The van der Waals surface area contributed by atoms with E-state index >= 15 is 0 Å². The lowest BCUT2D eigenvalue weighted by atomic mass is 10.3. The fourth-order valence-corrected chi connectivity index (χ4v) is 3.37. The average molecular weight is 356 g/mol. The molecule has 1 aromatic carbocycles. The van der Waals surface area contributed by atoms with Crippen LogP contribution in [0.15, 0.2) is 46.3 Å². The summed E-state index contributed by atoms with van der Waals surface area (Å²) in [4.78, 5) is 32.6. The van der Waals surface area contributed by atoms with Crippen molar-refractivity contribution in [3.05, 3.63) is 52.4 Å². The summed E-state index contributed by atoms with van der Waals surface area (Å²) in [5.74, 6) is 0.153. The Balaban J connectivity index is 2.03. The molecule has 0 spiro atoms. The molecule has 130 valence electrons. The first-order valence-electron chi connectivity index (χ1n) is 8.17. The molecular formula is C18H20N4O2S. The Labute approximate surface area is 149 Å². The smallest absolute Gasteiger partial charge is 0.283 e. The van der Waals surface area contributed by atoms with Crippen LogP contribution in [0.4, 0.5) is 0 Å². The van der Waals surface area contributed by atoms with Crippen molar-refractivity contribution < 1.29 is 4.79 Å². The number of nitrogens with one attached hydrogen (secondary N) is 2. The minimum atomic E-state index is -0.166. The summed E-state index contributed by atoms with van der Waals surface area (Å²) in [7, 11) is 0. The van der Waals surface area contributed by atoms with Crippen molar-refractivity contribution in [1.29, 1.82) is 0 Å². The molecule has 0 saturated carbocycles. The van der Waals surface area contributed by atoms with E-state index in [0.717, 1.165) is 17.8 Å². The second kappa shape index (κ2) is 7.57. The summed E-state index contributed by atoms with van der Waals surface area (Å²) < 4.78 is 1.55. The summed E-state index contributed by atoms with van der Waals surface area (Å²) in [6.45, 7) is 4.54. The van der Waals surface area contributed by atoms with Crippen LogP contribution >= 0.6 is 11.8 Å². The number of carbonyl (C=O) groups excluding carboxylic acids is 1. The summed E-state index contributed by atoms with van der Waals surface area (Å²) >= 11 is 1.26. The van der Waals surface area contributed by atoms with E-state index in [4.69, 9.17) is 0 Å². The van der Waals surface area contributed by atoms with Crippen LogP contribution in [-0.2, 0) is 4.79 Å². The van der Waals surface area contributed by atoms with Gasteiger partial charge >= 0.3 is 0 Å². The first-order chi connectivity index (χ1) is 12.1. The zero-order chi connectivity index (χ0) is 17.8. The number of carbonyl (C=O) groups is 1. The Morgan fingerprint density at radius 1 is 1.32 bits per heavy atom. The molecule has 2 heterocycles. The van der Waals surface area contributed by atoms with Gasteiger partial charge in [0.2, 0.25) is 5.91 Å². The zero-order valence-electron chi connectivity index (χ0n) is 14.2. The number of benzene rings is 1. The zero-order valence-corrected chi connectivity index (χ0v) is 15.0. The van der Waals surface area contributed by atoms with E-state index in [0.29, 0.717) is 22.7 Å². The first kappa shape index (κ1) is 17.3. The Hall–Kier alpha value is -2.54. The van der Waals surface area contributed by atoms with Crippen LogP contribution in [0.25, 0.3) is 16.7 Å². The maximum absolute atomic E-state index is 13.0. The van der Waals surface area contributed by atoms with Gasteiger partial charge in [-0.1, -0.05) is 36.9 Å². The van der Waals surface area contributed by atoms with Crippen molar-refractivity contribution in [2.75, 3.05) is 12.3 Å². The molecule has 0 saturated heterocycles. The van der Waals surface area contributed by atoms with Crippen LogP contribution in [0, 0.1) is 6.92 Å². The van der Waals surface area contributed by atoms with Gasteiger partial charge in [-0.3, -0.25) is 14.2 Å². The molecular weight excluding hydrogens is 336 g/mol. The topological polar surface area (TPSA) is 79.8 Å². The summed E-state index contributed by atoms with van der Waals surface area (Å²) in [6.07, 6.45) is 0.887. The standard InChI is InChI=1S/C18H20N4O2S/c1-3-9-19-15(23)11-25-18-21-14-10-12(2)20-16(14)17(24)22(18)13-7-5-4-6-8-13/h4-8,10,20H,3,9,11H2,1-2H3,(H,19,23). The van der Waals surface area contributed by atoms with Crippen LogP contribution in [-0.4, -0.2) is 32.7 Å². The number of thioether (sulfide) groups is 1. The van der Waals surface area contributed by atoms with Crippen molar-refractivity contribution in [2.24, 2.45) is 0 Å². The third-order valence-electron chi connectivity index (χ3n) is 3.67. The number of rotatable bonds is 6. The van der Waals surface area contributed by atoms with Crippen molar-refractivity contribution >= 4 is 28.7 Å². The first-order valence-corrected chi connectivity index (χ1v) is 9.16. The molecule has 3 aromatic rings. The molecule has 0 atom stereocenters. The van der Waals surface area contributed by atoms with Gasteiger partial charge < -0.3 is 10.3 Å². The van der Waals surface area contributed by atoms with Gasteiger partial charge in [-0.2, -0.15) is 0 Å². The minimum Gasteiger partial charge on any atom is -0.355 e. The Bertz CT molecular complexity index is 947. The van der Waals surface area contributed by atoms with E-state index in [-0.39, 0.29) is 17.2 Å². The molecule has 2 N–H and O–H groups in total. The number of hydrogen-bond donors (Lipinski definition) is 2. The predicted molar refractivity (Wildman–Crippen MR) is 100 cm³/mol. The molecule has 0 aliphatic rings. The average Bonchev–Trinajstić information content (AvgIpc) is 2.99. The summed E-state index contributed by atoms with van der Waals surface area (Å²) in [6, 6.07) is 11.2. The monoisotopic (exact) mass is 356 g/mol. The SMILES string of the molecule is CCCNC(=O)CSc1nc2cc(C)[nH]c2c(=O)n1-c1ccccc1. The second-order valence-electron chi connectivity index (χ2n) is 5.72. The quantitative estimate of drug-likeness (QED) is 0.526. The molecule has 25 heavy (non-hydrogen) atoms.